The Kier molecular flexibility index (Phi) is 5.12. The van der Waals surface area contributed by atoms with Crippen molar-refractivity contribution in [2.75, 3.05) is 12.8 Å². The van der Waals surface area contributed by atoms with Crippen LogP contribution >= 0.6 is 11.8 Å². The smallest absolute Gasteiger partial charge is 0.316 e. The van der Waals surface area contributed by atoms with Crippen molar-refractivity contribution in [1.29, 1.82) is 0 Å². The summed E-state index contributed by atoms with van der Waals surface area (Å²) in [5.74, 6) is 0.374. The van der Waals surface area contributed by atoms with Gasteiger partial charge in [-0.2, -0.15) is 0 Å². The molecule has 1 saturated carbocycles. The molecular formula is C12H23NO2S. The fraction of sp³-hybridized carbons (Fsp3) is 0.917. The Morgan fingerprint density at radius 3 is 2.69 bits per heavy atom. The Balaban J connectivity index is 2.26. The molecule has 1 N–H and O–H groups in total. The lowest BCUT2D eigenvalue weighted by molar-refractivity contribution is -0.151. The number of carbonyl (C=O) groups is 1. The standard InChI is InChI=1S/C12H23NO2S/c1-12(2,3)15-11(14)8-16-10-7-5-6-9(10)13-4/h9-10,13H,5-8H2,1-4H3. The van der Waals surface area contributed by atoms with Crippen LogP contribution in [0.4, 0.5) is 0 Å². The molecule has 0 radical (unpaired) electrons. The molecule has 2 unspecified atom stereocenters. The molecule has 1 fully saturated rings. The van der Waals surface area contributed by atoms with Crippen molar-refractivity contribution in [3.63, 3.8) is 0 Å². The molecule has 94 valence electrons. The van der Waals surface area contributed by atoms with Crippen LogP contribution in [0.15, 0.2) is 0 Å². The number of hydrogen-bond donors (Lipinski definition) is 1. The number of thioether (sulfide) groups is 1. The van der Waals surface area contributed by atoms with Gasteiger partial charge >= 0.3 is 5.97 Å². The first kappa shape index (κ1) is 13.8. The summed E-state index contributed by atoms with van der Waals surface area (Å²) in [6.07, 6.45) is 3.69. The number of ether oxygens (including phenoxy) is 1. The summed E-state index contributed by atoms with van der Waals surface area (Å²) < 4.78 is 5.29. The van der Waals surface area contributed by atoms with E-state index in [4.69, 9.17) is 4.74 Å². The Hall–Kier alpha value is -0.220. The van der Waals surface area contributed by atoms with Crippen molar-refractivity contribution in [3.8, 4) is 0 Å². The average molecular weight is 245 g/mol. The van der Waals surface area contributed by atoms with Crippen LogP contribution in [0, 0.1) is 0 Å². The third kappa shape index (κ3) is 4.74. The fourth-order valence-corrected chi connectivity index (χ4v) is 3.25. The first-order valence-corrected chi connectivity index (χ1v) is 6.98. The molecular weight excluding hydrogens is 222 g/mol. The van der Waals surface area contributed by atoms with Gasteiger partial charge in [-0.1, -0.05) is 6.42 Å². The van der Waals surface area contributed by atoms with Crippen LogP contribution in [0.3, 0.4) is 0 Å². The van der Waals surface area contributed by atoms with Gasteiger partial charge in [0.05, 0.1) is 5.75 Å². The molecule has 0 aromatic heterocycles. The summed E-state index contributed by atoms with van der Waals surface area (Å²) in [6.45, 7) is 5.71. The maximum atomic E-state index is 11.5. The number of hydrogen-bond acceptors (Lipinski definition) is 4. The van der Waals surface area contributed by atoms with Gasteiger partial charge in [0, 0.05) is 11.3 Å². The summed E-state index contributed by atoms with van der Waals surface area (Å²) in [4.78, 5) is 11.5. The molecule has 0 aromatic rings. The minimum atomic E-state index is -0.365. The van der Waals surface area contributed by atoms with Gasteiger partial charge in [-0.25, -0.2) is 0 Å². The zero-order valence-electron chi connectivity index (χ0n) is 10.7. The van der Waals surface area contributed by atoms with Gasteiger partial charge in [-0.3, -0.25) is 4.79 Å². The molecule has 0 bridgehead atoms. The van der Waals surface area contributed by atoms with Gasteiger partial charge < -0.3 is 10.1 Å². The van der Waals surface area contributed by atoms with Crippen molar-refractivity contribution >= 4 is 17.7 Å². The Labute approximate surface area is 103 Å². The summed E-state index contributed by atoms with van der Waals surface area (Å²) in [5.41, 5.74) is -0.365. The number of rotatable bonds is 4. The SMILES string of the molecule is CNC1CCCC1SCC(=O)OC(C)(C)C. The second kappa shape index (κ2) is 5.92. The van der Waals surface area contributed by atoms with E-state index in [0.29, 0.717) is 17.0 Å². The van der Waals surface area contributed by atoms with E-state index in [1.54, 1.807) is 11.8 Å². The first-order valence-electron chi connectivity index (χ1n) is 5.93. The molecule has 1 rings (SSSR count). The Morgan fingerprint density at radius 2 is 2.12 bits per heavy atom. The maximum absolute atomic E-state index is 11.5. The monoisotopic (exact) mass is 245 g/mol. The highest BCUT2D eigenvalue weighted by Gasteiger charge is 2.27. The second-order valence-corrected chi connectivity index (χ2v) is 6.49. The van der Waals surface area contributed by atoms with Crippen LogP contribution in [-0.2, 0) is 9.53 Å². The minimum Gasteiger partial charge on any atom is -0.459 e. The zero-order valence-corrected chi connectivity index (χ0v) is 11.5. The average Bonchev–Trinajstić information content (AvgIpc) is 2.59. The number of nitrogens with one attached hydrogen (secondary N) is 1. The molecule has 0 aromatic carbocycles. The Morgan fingerprint density at radius 1 is 1.44 bits per heavy atom. The van der Waals surface area contributed by atoms with Gasteiger partial charge in [0.15, 0.2) is 0 Å². The lowest BCUT2D eigenvalue weighted by Crippen LogP contribution is -2.32. The summed E-state index contributed by atoms with van der Waals surface area (Å²) in [6, 6.07) is 0.562. The fourth-order valence-electron chi connectivity index (χ4n) is 2.00. The maximum Gasteiger partial charge on any atom is 0.316 e. The molecule has 0 heterocycles. The van der Waals surface area contributed by atoms with Crippen LogP contribution in [0.1, 0.15) is 40.0 Å². The van der Waals surface area contributed by atoms with E-state index in [2.05, 4.69) is 5.32 Å². The van der Waals surface area contributed by atoms with Crippen molar-refractivity contribution in [2.45, 2.75) is 56.9 Å². The van der Waals surface area contributed by atoms with Gasteiger partial charge in [0.1, 0.15) is 5.60 Å². The first-order chi connectivity index (χ1) is 7.42. The highest BCUT2D eigenvalue weighted by atomic mass is 32.2. The van der Waals surface area contributed by atoms with Gasteiger partial charge in [-0.05, 0) is 40.7 Å². The number of esters is 1. The molecule has 4 heteroatoms. The molecule has 0 spiro atoms. The van der Waals surface area contributed by atoms with E-state index in [0.717, 1.165) is 0 Å². The van der Waals surface area contributed by atoms with Crippen molar-refractivity contribution in [2.24, 2.45) is 0 Å². The molecule has 0 amide bonds. The van der Waals surface area contributed by atoms with E-state index in [9.17, 15) is 4.79 Å². The van der Waals surface area contributed by atoms with Crippen LogP contribution in [-0.4, -0.2) is 35.7 Å². The van der Waals surface area contributed by atoms with Gasteiger partial charge in [0.25, 0.3) is 0 Å². The highest BCUT2D eigenvalue weighted by molar-refractivity contribution is 8.00. The van der Waals surface area contributed by atoms with Gasteiger partial charge in [0.2, 0.25) is 0 Å². The van der Waals surface area contributed by atoms with Gasteiger partial charge in [-0.15, -0.1) is 11.8 Å². The van der Waals surface area contributed by atoms with Crippen LogP contribution in [0.5, 0.6) is 0 Å². The largest absolute Gasteiger partial charge is 0.459 e. The predicted molar refractivity (Wildman–Crippen MR) is 68.8 cm³/mol. The Bertz CT molecular complexity index is 238. The van der Waals surface area contributed by atoms with E-state index < -0.39 is 0 Å². The van der Waals surface area contributed by atoms with Crippen LogP contribution in [0.25, 0.3) is 0 Å². The van der Waals surface area contributed by atoms with Crippen LogP contribution < -0.4 is 5.32 Å². The minimum absolute atomic E-state index is 0.0979. The second-order valence-electron chi connectivity index (χ2n) is 5.26. The molecule has 0 aliphatic heterocycles. The molecule has 1 aliphatic carbocycles. The predicted octanol–water partition coefficient (Wildman–Crippen LogP) is 2.20. The third-order valence-electron chi connectivity index (χ3n) is 2.66. The number of carbonyl (C=O) groups excluding carboxylic acids is 1. The van der Waals surface area contributed by atoms with E-state index >= 15 is 0 Å². The van der Waals surface area contributed by atoms with Crippen molar-refractivity contribution in [1.82, 2.24) is 5.32 Å². The lowest BCUT2D eigenvalue weighted by Gasteiger charge is -2.21. The summed E-state index contributed by atoms with van der Waals surface area (Å²) in [5, 5.41) is 3.88. The molecule has 3 nitrogen and oxygen atoms in total. The topological polar surface area (TPSA) is 38.3 Å². The summed E-state index contributed by atoms with van der Waals surface area (Å²) >= 11 is 1.73. The van der Waals surface area contributed by atoms with Crippen molar-refractivity contribution < 1.29 is 9.53 Å². The zero-order chi connectivity index (χ0) is 12.2. The van der Waals surface area contributed by atoms with E-state index in [-0.39, 0.29) is 11.6 Å². The summed E-state index contributed by atoms with van der Waals surface area (Å²) in [7, 11) is 2.00. The quantitative estimate of drug-likeness (QED) is 0.771. The van der Waals surface area contributed by atoms with Crippen molar-refractivity contribution in [3.05, 3.63) is 0 Å². The molecule has 2 atom stereocenters. The van der Waals surface area contributed by atoms with E-state index in [1.807, 2.05) is 27.8 Å². The normalized spacial score (nSPS) is 25.8. The highest BCUT2D eigenvalue weighted by Crippen LogP contribution is 2.30. The van der Waals surface area contributed by atoms with E-state index in [1.165, 1.54) is 19.3 Å². The van der Waals surface area contributed by atoms with Crippen LogP contribution in [0.2, 0.25) is 0 Å². The third-order valence-corrected chi connectivity index (χ3v) is 4.05. The molecule has 16 heavy (non-hydrogen) atoms. The molecule has 0 saturated heterocycles. The lowest BCUT2D eigenvalue weighted by atomic mass is 10.2. The molecule has 1 aliphatic rings.